The Hall–Kier alpha value is -7.17. The van der Waals surface area contributed by atoms with Crippen LogP contribution in [-0.4, -0.2) is 125 Å². The Morgan fingerprint density at radius 3 is 2.64 bits per heavy atom. The first-order valence-corrected chi connectivity index (χ1v) is 24.0. The molecule has 70 heavy (non-hydrogen) atoms. The van der Waals surface area contributed by atoms with E-state index in [1.165, 1.54) is 44.5 Å². The topological polar surface area (TPSA) is 200 Å². The first-order valence-electron chi connectivity index (χ1n) is 24.0. The number of halogens is 2. The molecule has 19 heteroatoms. The predicted molar refractivity (Wildman–Crippen MR) is 256 cm³/mol. The summed E-state index contributed by atoms with van der Waals surface area (Å²) in [6.45, 7) is 2.75. The fraction of sp³-hybridized carbons (Fsp3) is 0.431. The van der Waals surface area contributed by atoms with E-state index in [0.29, 0.717) is 53.6 Å². The van der Waals surface area contributed by atoms with Gasteiger partial charge in [0.25, 0.3) is 0 Å². The van der Waals surface area contributed by atoms with Gasteiger partial charge in [-0.1, -0.05) is 24.1 Å². The Kier molecular flexibility index (Phi) is 11.4. The molecule has 5 aliphatic heterocycles. The molecule has 5 atom stereocenters. The maximum absolute atomic E-state index is 17.3. The molecule has 11 rings (SSSR count). The number of carbonyl (C=O) groups excluding carboxylic acids is 2. The molecule has 8 heterocycles. The zero-order valence-corrected chi connectivity index (χ0v) is 38.6. The lowest BCUT2D eigenvalue weighted by atomic mass is 9.95. The first-order chi connectivity index (χ1) is 33.8. The van der Waals surface area contributed by atoms with Gasteiger partial charge in [0.1, 0.15) is 41.2 Å². The van der Waals surface area contributed by atoms with Crippen molar-refractivity contribution in [2.75, 3.05) is 44.2 Å². The largest absolute Gasteiger partial charge is 0.508 e. The number of amides is 3. The van der Waals surface area contributed by atoms with Crippen molar-refractivity contribution in [1.29, 1.82) is 0 Å². The lowest BCUT2D eigenvalue weighted by Gasteiger charge is -2.36. The van der Waals surface area contributed by atoms with Gasteiger partial charge in [-0.3, -0.25) is 33.9 Å². The second-order valence-electron chi connectivity index (χ2n) is 19.5. The molecule has 3 aromatic heterocycles. The van der Waals surface area contributed by atoms with Crippen molar-refractivity contribution in [2.24, 2.45) is 7.05 Å². The fourth-order valence-electron chi connectivity index (χ4n) is 12.2. The number of pyridine rings is 1. The molecular formula is C51H52F2N10O7. The van der Waals surface area contributed by atoms with E-state index in [-0.39, 0.29) is 102 Å². The molecule has 4 N–H and O–H groups in total. The van der Waals surface area contributed by atoms with E-state index in [0.717, 1.165) is 50.6 Å². The van der Waals surface area contributed by atoms with Gasteiger partial charge in [-0.2, -0.15) is 9.97 Å². The van der Waals surface area contributed by atoms with E-state index >= 15 is 8.78 Å². The summed E-state index contributed by atoms with van der Waals surface area (Å²) in [6, 6.07) is 10.5. The van der Waals surface area contributed by atoms with Crippen molar-refractivity contribution >= 4 is 56.4 Å². The summed E-state index contributed by atoms with van der Waals surface area (Å²) in [7, 11) is 1.65. The van der Waals surface area contributed by atoms with Crippen LogP contribution >= 0.6 is 0 Å². The third-order valence-electron chi connectivity index (χ3n) is 15.4. The maximum Gasteiger partial charge on any atom is 0.407 e. The van der Waals surface area contributed by atoms with Gasteiger partial charge >= 0.3 is 17.8 Å². The summed E-state index contributed by atoms with van der Waals surface area (Å²) in [5.41, 5.74) is 1.13. The van der Waals surface area contributed by atoms with Crippen LogP contribution in [0.4, 0.5) is 19.4 Å². The van der Waals surface area contributed by atoms with Crippen molar-refractivity contribution < 1.29 is 38.1 Å². The summed E-state index contributed by atoms with van der Waals surface area (Å²) < 4.78 is 41.9. The highest BCUT2D eigenvalue weighted by molar-refractivity contribution is 6.03. The number of fused-ring (bicyclic) bond motifs is 6. The number of terminal acetylenes is 1. The second-order valence-corrected chi connectivity index (χ2v) is 19.5. The third kappa shape index (κ3) is 7.73. The van der Waals surface area contributed by atoms with Crippen LogP contribution in [0.5, 0.6) is 11.8 Å². The van der Waals surface area contributed by atoms with E-state index < -0.39 is 35.2 Å². The molecule has 5 saturated heterocycles. The molecule has 3 aromatic carbocycles. The Labute approximate surface area is 400 Å². The number of aryl methyl sites for hydroxylation is 2. The first kappa shape index (κ1) is 45.3. The summed E-state index contributed by atoms with van der Waals surface area (Å²) in [4.78, 5) is 71.0. The number of carboxylic acid groups (broad SMARTS) is 1. The number of rotatable bonds is 12. The molecule has 3 amide bonds. The minimum Gasteiger partial charge on any atom is -0.508 e. The molecular weight excluding hydrogens is 903 g/mol. The van der Waals surface area contributed by atoms with Gasteiger partial charge in [-0.05, 0) is 99.5 Å². The number of imide groups is 1. The number of para-hydroxylation sites is 1. The number of carbonyl (C=O) groups is 3. The Bertz CT molecular complexity index is 3250. The van der Waals surface area contributed by atoms with Crippen LogP contribution in [0.1, 0.15) is 75.0 Å². The average Bonchev–Trinajstić information content (AvgIpc) is 4.08. The zero-order valence-electron chi connectivity index (χ0n) is 38.6. The third-order valence-corrected chi connectivity index (χ3v) is 15.4. The average molecular weight is 955 g/mol. The van der Waals surface area contributed by atoms with Gasteiger partial charge in [-0.15, -0.1) is 6.42 Å². The number of nitrogens with zero attached hydrogens (tertiary/aromatic N) is 8. The number of piperazine rings is 1. The molecule has 2 bridgehead atoms. The SMILES string of the molecule is C#Cc1c(F)ccc2cc(O)cc(-c3ncc4c(N5CC6CCC(C5)N6)nc(OC[C@@]56CCCN5[C@H](CN(CCCc5cccc7c5n(C)c(=O)n7C5CCC(=O)NC5=O)C(=O)O)CC6)nc4c3F)c12. The van der Waals surface area contributed by atoms with Crippen molar-refractivity contribution in [2.45, 2.75) is 93.9 Å². The van der Waals surface area contributed by atoms with Crippen LogP contribution in [0, 0.1) is 24.0 Å². The van der Waals surface area contributed by atoms with Gasteiger partial charge in [0.15, 0.2) is 5.82 Å². The summed E-state index contributed by atoms with van der Waals surface area (Å²) in [6.07, 6.45) is 12.7. The predicted octanol–water partition coefficient (Wildman–Crippen LogP) is 5.37. The lowest BCUT2D eigenvalue weighted by Crippen LogP contribution is -2.51. The van der Waals surface area contributed by atoms with Gasteiger partial charge in [0.2, 0.25) is 11.8 Å². The van der Waals surface area contributed by atoms with E-state index in [1.807, 2.05) is 12.1 Å². The van der Waals surface area contributed by atoms with Gasteiger partial charge < -0.3 is 30.1 Å². The van der Waals surface area contributed by atoms with Crippen molar-refractivity contribution in [3.63, 3.8) is 0 Å². The standard InChI is InChI=1S/C51H52F2N10O7/c1-3-34-37(52)13-10-29-21-33(64)22-35(41(29)34)43-42(53)44-36(23-54-43)46(61-24-30-11-12-31(25-61)55-30)58-48(57-44)70-27-51-17-6-20-62(51)32(16-18-51)26-60(50(68)69)19-5-8-28-7-4-9-38-45(28)59(2)49(67)63(38)39-14-15-40(65)56-47(39)66/h1,4,7,9-10,13,21-23,30-32,39,55,64H,5-6,8,11-12,14-20,24-27H2,2H3,(H,68,69)(H,56,65,66)/t30?,31?,32-,39?,51-/m0/s1. The van der Waals surface area contributed by atoms with Crippen LogP contribution < -0.4 is 26.0 Å². The van der Waals surface area contributed by atoms with Crippen LogP contribution in [0.3, 0.4) is 0 Å². The Morgan fingerprint density at radius 1 is 1.06 bits per heavy atom. The summed E-state index contributed by atoms with van der Waals surface area (Å²) in [5, 5.41) is 28.2. The molecule has 0 saturated carbocycles. The van der Waals surface area contributed by atoms with Crippen molar-refractivity contribution in [3.8, 4) is 35.4 Å². The molecule has 5 fully saturated rings. The number of imidazole rings is 1. The van der Waals surface area contributed by atoms with Gasteiger partial charge in [0, 0.05) is 74.9 Å². The molecule has 362 valence electrons. The van der Waals surface area contributed by atoms with E-state index in [2.05, 4.69) is 31.3 Å². The number of hydrogen-bond donors (Lipinski definition) is 4. The highest BCUT2D eigenvalue weighted by Crippen LogP contribution is 2.44. The highest BCUT2D eigenvalue weighted by atomic mass is 19.1. The number of hydrogen-bond acceptors (Lipinski definition) is 12. The van der Waals surface area contributed by atoms with E-state index in [9.17, 15) is 29.4 Å². The number of aromatic hydroxyl groups is 1. The number of phenols is 1. The molecule has 0 spiro atoms. The van der Waals surface area contributed by atoms with Crippen LogP contribution in [-0.2, 0) is 23.1 Å². The van der Waals surface area contributed by atoms with Crippen LogP contribution in [0.2, 0.25) is 0 Å². The summed E-state index contributed by atoms with van der Waals surface area (Å²) >= 11 is 0. The number of nitrogens with one attached hydrogen (secondary N) is 2. The number of aromatic nitrogens is 5. The summed E-state index contributed by atoms with van der Waals surface area (Å²) in [5.74, 6) is 0.362. The van der Waals surface area contributed by atoms with Gasteiger partial charge in [0.05, 0.1) is 27.5 Å². The molecule has 5 aliphatic rings. The smallest absolute Gasteiger partial charge is 0.407 e. The second kappa shape index (κ2) is 17.7. The zero-order chi connectivity index (χ0) is 48.6. The normalized spacial score (nSPS) is 23.3. The Balaban J connectivity index is 0.837. The van der Waals surface area contributed by atoms with E-state index in [1.54, 1.807) is 13.1 Å². The fourth-order valence-corrected chi connectivity index (χ4v) is 12.2. The lowest BCUT2D eigenvalue weighted by molar-refractivity contribution is -0.135. The molecule has 0 aliphatic carbocycles. The maximum atomic E-state index is 17.3. The minimum atomic E-state index is -1.03. The monoisotopic (exact) mass is 954 g/mol. The number of anilines is 1. The van der Waals surface area contributed by atoms with Crippen LogP contribution in [0.15, 0.2) is 53.5 Å². The van der Waals surface area contributed by atoms with Crippen molar-refractivity contribution in [1.82, 2.24) is 44.5 Å². The minimum absolute atomic E-state index is 0.0163. The number of phenolic OH excluding ortho intramolecular Hbond substituents is 1. The number of benzene rings is 3. The van der Waals surface area contributed by atoms with Crippen LogP contribution in [0.25, 0.3) is 44.0 Å². The quantitative estimate of drug-likeness (QED) is 0.0903. The number of ether oxygens (including phenoxy) is 1. The van der Waals surface area contributed by atoms with Gasteiger partial charge in [-0.25, -0.2) is 18.4 Å². The van der Waals surface area contributed by atoms with E-state index in [4.69, 9.17) is 21.1 Å². The molecule has 17 nitrogen and oxygen atoms in total. The Morgan fingerprint density at radius 2 is 1.87 bits per heavy atom. The molecule has 0 radical (unpaired) electrons. The molecule has 6 aromatic rings. The van der Waals surface area contributed by atoms with Crippen molar-refractivity contribution in [3.05, 3.63) is 81.9 Å². The highest BCUT2D eigenvalue weighted by Gasteiger charge is 2.50. The number of piperidine rings is 1. The molecule has 3 unspecified atom stereocenters.